The molecule has 0 amide bonds. The van der Waals surface area contributed by atoms with Crippen molar-refractivity contribution in [3.05, 3.63) is 18.2 Å². The van der Waals surface area contributed by atoms with Gasteiger partial charge in [-0.1, -0.05) is 20.3 Å². The standard InChI is InChI=1S/C16H29N3/c1-4-13-6-8-15(17-5-2)14(12-13)7-9-16-18-10-11-19(16)3/h10-11,13-15,17H,4-9,12H2,1-3H3. The third-order valence-corrected chi connectivity index (χ3v) is 4.79. The maximum absolute atomic E-state index is 4.45. The summed E-state index contributed by atoms with van der Waals surface area (Å²) in [4.78, 5) is 4.45. The maximum Gasteiger partial charge on any atom is 0.108 e. The lowest BCUT2D eigenvalue weighted by molar-refractivity contribution is 0.190. The Morgan fingerprint density at radius 1 is 1.37 bits per heavy atom. The van der Waals surface area contributed by atoms with E-state index in [1.54, 1.807) is 0 Å². The second-order valence-corrected chi connectivity index (χ2v) is 6.00. The van der Waals surface area contributed by atoms with Gasteiger partial charge in [-0.15, -0.1) is 0 Å². The lowest BCUT2D eigenvalue weighted by Gasteiger charge is -2.36. The molecular weight excluding hydrogens is 234 g/mol. The van der Waals surface area contributed by atoms with Crippen molar-refractivity contribution in [2.75, 3.05) is 6.54 Å². The molecule has 0 saturated heterocycles. The maximum atomic E-state index is 4.45. The Hall–Kier alpha value is -0.830. The molecule has 1 aliphatic carbocycles. The van der Waals surface area contributed by atoms with E-state index in [2.05, 4.69) is 35.8 Å². The highest BCUT2D eigenvalue weighted by atomic mass is 15.0. The van der Waals surface area contributed by atoms with Crippen molar-refractivity contribution in [3.8, 4) is 0 Å². The first-order chi connectivity index (χ1) is 9.24. The van der Waals surface area contributed by atoms with Gasteiger partial charge in [0, 0.05) is 31.9 Å². The zero-order valence-electron chi connectivity index (χ0n) is 12.7. The Morgan fingerprint density at radius 2 is 2.21 bits per heavy atom. The van der Waals surface area contributed by atoms with Gasteiger partial charge in [0.05, 0.1) is 0 Å². The fraction of sp³-hybridized carbons (Fsp3) is 0.812. The largest absolute Gasteiger partial charge is 0.338 e. The van der Waals surface area contributed by atoms with Gasteiger partial charge in [-0.2, -0.15) is 0 Å². The molecule has 3 nitrogen and oxygen atoms in total. The van der Waals surface area contributed by atoms with Crippen molar-refractivity contribution in [1.29, 1.82) is 0 Å². The van der Waals surface area contributed by atoms with E-state index in [1.807, 2.05) is 12.4 Å². The van der Waals surface area contributed by atoms with E-state index in [4.69, 9.17) is 0 Å². The van der Waals surface area contributed by atoms with Crippen LogP contribution in [-0.2, 0) is 13.5 Å². The highest BCUT2D eigenvalue weighted by Crippen LogP contribution is 2.33. The molecule has 0 spiro atoms. The Kier molecular flexibility index (Phi) is 5.44. The zero-order valence-corrected chi connectivity index (χ0v) is 12.7. The fourth-order valence-electron chi connectivity index (χ4n) is 3.53. The summed E-state index contributed by atoms with van der Waals surface area (Å²) in [6.07, 6.45) is 11.9. The van der Waals surface area contributed by atoms with E-state index in [0.29, 0.717) is 0 Å². The van der Waals surface area contributed by atoms with Gasteiger partial charge in [-0.25, -0.2) is 4.98 Å². The Bertz CT molecular complexity index is 372. The van der Waals surface area contributed by atoms with Crippen molar-refractivity contribution in [2.45, 2.75) is 58.4 Å². The fourth-order valence-corrected chi connectivity index (χ4v) is 3.53. The predicted octanol–water partition coefficient (Wildman–Crippen LogP) is 3.16. The van der Waals surface area contributed by atoms with Crippen LogP contribution in [0.1, 0.15) is 51.8 Å². The van der Waals surface area contributed by atoms with E-state index in [-0.39, 0.29) is 0 Å². The second-order valence-electron chi connectivity index (χ2n) is 6.00. The molecule has 0 aliphatic heterocycles. The van der Waals surface area contributed by atoms with Crippen LogP contribution < -0.4 is 5.32 Å². The van der Waals surface area contributed by atoms with Gasteiger partial charge in [0.25, 0.3) is 0 Å². The Morgan fingerprint density at radius 3 is 2.84 bits per heavy atom. The average Bonchev–Trinajstić information content (AvgIpc) is 2.83. The summed E-state index contributed by atoms with van der Waals surface area (Å²) < 4.78 is 2.16. The van der Waals surface area contributed by atoms with Crippen LogP contribution in [0.25, 0.3) is 0 Å². The molecule has 1 saturated carbocycles. The summed E-state index contributed by atoms with van der Waals surface area (Å²) in [5.74, 6) is 3.01. The number of imidazole rings is 1. The molecular formula is C16H29N3. The van der Waals surface area contributed by atoms with Gasteiger partial charge in [0.2, 0.25) is 0 Å². The van der Waals surface area contributed by atoms with E-state index in [1.165, 1.54) is 37.9 Å². The molecule has 1 aromatic rings. The molecule has 0 aromatic carbocycles. The lowest BCUT2D eigenvalue weighted by atomic mass is 9.75. The molecule has 3 atom stereocenters. The number of nitrogens with zero attached hydrogens (tertiary/aromatic N) is 2. The van der Waals surface area contributed by atoms with Crippen LogP contribution in [0.5, 0.6) is 0 Å². The van der Waals surface area contributed by atoms with Gasteiger partial charge < -0.3 is 9.88 Å². The van der Waals surface area contributed by atoms with Crippen LogP contribution in [-0.4, -0.2) is 22.1 Å². The smallest absolute Gasteiger partial charge is 0.108 e. The summed E-state index contributed by atoms with van der Waals surface area (Å²) in [6, 6.07) is 0.730. The molecule has 0 radical (unpaired) electrons. The molecule has 1 fully saturated rings. The van der Waals surface area contributed by atoms with Crippen LogP contribution >= 0.6 is 0 Å². The molecule has 1 aromatic heterocycles. The molecule has 108 valence electrons. The van der Waals surface area contributed by atoms with Gasteiger partial charge in [-0.3, -0.25) is 0 Å². The normalized spacial score (nSPS) is 27.6. The van der Waals surface area contributed by atoms with Crippen LogP contribution in [0.4, 0.5) is 0 Å². The SMILES string of the molecule is CCNC1CCC(CC)CC1CCc1nccn1C. The van der Waals surface area contributed by atoms with E-state index >= 15 is 0 Å². The first kappa shape index (κ1) is 14.6. The second kappa shape index (κ2) is 7.09. The monoisotopic (exact) mass is 263 g/mol. The molecule has 1 aliphatic rings. The van der Waals surface area contributed by atoms with E-state index < -0.39 is 0 Å². The predicted molar refractivity (Wildman–Crippen MR) is 80.1 cm³/mol. The number of nitrogens with one attached hydrogen (secondary N) is 1. The average molecular weight is 263 g/mol. The van der Waals surface area contributed by atoms with Crippen molar-refractivity contribution in [1.82, 2.24) is 14.9 Å². The van der Waals surface area contributed by atoms with Gasteiger partial charge in [0.1, 0.15) is 5.82 Å². The van der Waals surface area contributed by atoms with E-state index in [0.717, 1.165) is 30.8 Å². The minimum atomic E-state index is 0.730. The van der Waals surface area contributed by atoms with Crippen molar-refractivity contribution < 1.29 is 0 Å². The van der Waals surface area contributed by atoms with Crippen LogP contribution in [0, 0.1) is 11.8 Å². The minimum absolute atomic E-state index is 0.730. The lowest BCUT2D eigenvalue weighted by Crippen LogP contribution is -2.40. The van der Waals surface area contributed by atoms with Crippen molar-refractivity contribution in [2.24, 2.45) is 18.9 Å². The van der Waals surface area contributed by atoms with Crippen LogP contribution in [0.3, 0.4) is 0 Å². The summed E-state index contributed by atoms with van der Waals surface area (Å²) in [5.41, 5.74) is 0. The van der Waals surface area contributed by atoms with Gasteiger partial charge in [-0.05, 0) is 44.1 Å². The summed E-state index contributed by atoms with van der Waals surface area (Å²) >= 11 is 0. The Balaban J connectivity index is 1.91. The van der Waals surface area contributed by atoms with E-state index in [9.17, 15) is 0 Å². The Labute approximate surface area is 117 Å². The third kappa shape index (κ3) is 3.82. The summed E-state index contributed by atoms with van der Waals surface area (Å²) in [7, 11) is 2.10. The van der Waals surface area contributed by atoms with Crippen molar-refractivity contribution >= 4 is 0 Å². The molecule has 3 unspecified atom stereocenters. The summed E-state index contributed by atoms with van der Waals surface area (Å²) in [6.45, 7) is 5.66. The number of rotatable bonds is 6. The van der Waals surface area contributed by atoms with Gasteiger partial charge >= 0.3 is 0 Å². The zero-order chi connectivity index (χ0) is 13.7. The van der Waals surface area contributed by atoms with Gasteiger partial charge in [0.15, 0.2) is 0 Å². The molecule has 0 bridgehead atoms. The third-order valence-electron chi connectivity index (χ3n) is 4.79. The highest BCUT2D eigenvalue weighted by Gasteiger charge is 2.29. The number of aryl methyl sites for hydroxylation is 2. The number of hydrogen-bond acceptors (Lipinski definition) is 2. The minimum Gasteiger partial charge on any atom is -0.338 e. The van der Waals surface area contributed by atoms with Crippen molar-refractivity contribution in [3.63, 3.8) is 0 Å². The molecule has 1 heterocycles. The first-order valence-electron chi connectivity index (χ1n) is 7.94. The molecule has 1 N–H and O–H groups in total. The van der Waals surface area contributed by atoms with Crippen LogP contribution in [0.15, 0.2) is 12.4 Å². The summed E-state index contributed by atoms with van der Waals surface area (Å²) in [5, 5.41) is 3.70. The molecule has 19 heavy (non-hydrogen) atoms. The highest BCUT2D eigenvalue weighted by molar-refractivity contribution is 4.93. The molecule has 2 rings (SSSR count). The van der Waals surface area contributed by atoms with Crippen LogP contribution in [0.2, 0.25) is 0 Å². The topological polar surface area (TPSA) is 29.9 Å². The molecule has 3 heteroatoms. The first-order valence-corrected chi connectivity index (χ1v) is 7.94. The quantitative estimate of drug-likeness (QED) is 0.854. The number of hydrogen-bond donors (Lipinski definition) is 1. The number of aromatic nitrogens is 2.